The summed E-state index contributed by atoms with van der Waals surface area (Å²) in [5.74, 6) is 0.263. The van der Waals surface area contributed by atoms with E-state index in [2.05, 4.69) is 10.1 Å². The molecule has 2 heterocycles. The van der Waals surface area contributed by atoms with Crippen LogP contribution in [0.5, 0.6) is 0 Å². The summed E-state index contributed by atoms with van der Waals surface area (Å²) in [6, 6.07) is 3.34. The van der Waals surface area contributed by atoms with Gasteiger partial charge in [0.05, 0.1) is 0 Å². The molecule has 2 aromatic rings. The van der Waals surface area contributed by atoms with Gasteiger partial charge < -0.3 is 0 Å². The average Bonchev–Trinajstić information content (AvgIpc) is 2.55. The summed E-state index contributed by atoms with van der Waals surface area (Å²) in [7, 11) is 0. The minimum Gasteiger partial charge on any atom is -0.237 e. The number of hydrogen-bond donors (Lipinski definition) is 0. The van der Waals surface area contributed by atoms with Gasteiger partial charge in [0.1, 0.15) is 5.15 Å². The second-order valence-electron chi connectivity index (χ2n) is 3.87. The molecule has 2 aromatic heterocycles. The molecule has 0 aliphatic rings. The van der Waals surface area contributed by atoms with Crippen molar-refractivity contribution in [1.82, 2.24) is 14.8 Å². The van der Waals surface area contributed by atoms with Crippen LogP contribution in [0.3, 0.4) is 0 Å². The van der Waals surface area contributed by atoms with E-state index in [0.29, 0.717) is 0 Å². The summed E-state index contributed by atoms with van der Waals surface area (Å²) in [6.45, 7) is 3.09. The van der Waals surface area contributed by atoms with E-state index in [1.54, 1.807) is 19.1 Å². The number of pyridine rings is 1. The molecule has 3 nitrogen and oxygen atoms in total. The lowest BCUT2D eigenvalue weighted by molar-refractivity contribution is -0.141. The predicted molar refractivity (Wildman–Crippen MR) is 60.8 cm³/mol. The van der Waals surface area contributed by atoms with E-state index in [-0.39, 0.29) is 16.5 Å². The third kappa shape index (κ3) is 2.20. The maximum absolute atomic E-state index is 12.7. The summed E-state index contributed by atoms with van der Waals surface area (Å²) in [6.07, 6.45) is -3.03. The Morgan fingerprint density at radius 3 is 2.44 bits per heavy atom. The molecule has 0 bridgehead atoms. The zero-order chi connectivity index (χ0) is 13.5. The van der Waals surface area contributed by atoms with E-state index in [4.69, 9.17) is 11.6 Å². The van der Waals surface area contributed by atoms with Crippen molar-refractivity contribution in [2.75, 3.05) is 0 Å². The van der Waals surface area contributed by atoms with Crippen molar-refractivity contribution < 1.29 is 13.2 Å². The number of rotatable bonds is 1. The molecule has 96 valence electrons. The fourth-order valence-electron chi connectivity index (χ4n) is 1.53. The highest BCUT2D eigenvalue weighted by molar-refractivity contribution is 6.30. The predicted octanol–water partition coefficient (Wildman–Crippen LogP) is 3.56. The van der Waals surface area contributed by atoms with Crippen LogP contribution in [0.2, 0.25) is 5.15 Å². The summed E-state index contributed by atoms with van der Waals surface area (Å²) < 4.78 is 39.0. The summed E-state index contributed by atoms with van der Waals surface area (Å²) in [4.78, 5) is 3.96. The van der Waals surface area contributed by atoms with Crippen molar-refractivity contribution in [3.63, 3.8) is 0 Å². The first-order chi connectivity index (χ1) is 8.30. The van der Waals surface area contributed by atoms with Crippen LogP contribution in [-0.4, -0.2) is 14.8 Å². The van der Waals surface area contributed by atoms with Crippen molar-refractivity contribution >= 4 is 11.6 Å². The topological polar surface area (TPSA) is 30.7 Å². The average molecular weight is 276 g/mol. The lowest BCUT2D eigenvalue weighted by Crippen LogP contribution is -2.09. The Morgan fingerprint density at radius 1 is 1.28 bits per heavy atom. The Balaban J connectivity index is 2.60. The Labute approximate surface area is 106 Å². The van der Waals surface area contributed by atoms with Crippen LogP contribution in [-0.2, 0) is 6.18 Å². The van der Waals surface area contributed by atoms with Gasteiger partial charge in [-0.2, -0.15) is 18.3 Å². The molecule has 0 radical (unpaired) electrons. The highest BCUT2D eigenvalue weighted by atomic mass is 35.5. The van der Waals surface area contributed by atoms with Crippen molar-refractivity contribution in [1.29, 1.82) is 0 Å². The van der Waals surface area contributed by atoms with E-state index in [9.17, 15) is 13.2 Å². The first-order valence-electron chi connectivity index (χ1n) is 5.06. The molecular formula is C11H9ClF3N3. The molecule has 0 aliphatic carbocycles. The highest BCUT2D eigenvalue weighted by Gasteiger charge is 2.37. The second-order valence-corrected chi connectivity index (χ2v) is 4.22. The fraction of sp³-hybridized carbons (Fsp3) is 0.273. The van der Waals surface area contributed by atoms with Gasteiger partial charge in [-0.05, 0) is 31.5 Å². The zero-order valence-corrected chi connectivity index (χ0v) is 10.3. The number of halogens is 4. The third-order valence-electron chi connectivity index (χ3n) is 2.44. The monoisotopic (exact) mass is 275 g/mol. The van der Waals surface area contributed by atoms with E-state index in [0.717, 1.165) is 10.2 Å². The van der Waals surface area contributed by atoms with Crippen LogP contribution < -0.4 is 0 Å². The Morgan fingerprint density at radius 2 is 1.94 bits per heavy atom. The SMILES string of the molecule is Cc1ccnc(-n2nc(C(F)(F)F)c(C)c2Cl)c1. The number of aromatic nitrogens is 3. The first kappa shape index (κ1) is 12.9. The van der Waals surface area contributed by atoms with Gasteiger partial charge in [-0.15, -0.1) is 0 Å². The molecule has 0 aromatic carbocycles. The quantitative estimate of drug-likeness (QED) is 0.797. The van der Waals surface area contributed by atoms with Gasteiger partial charge in [-0.25, -0.2) is 9.67 Å². The molecule has 0 saturated heterocycles. The minimum atomic E-state index is -4.53. The Kier molecular flexibility index (Phi) is 3.06. The van der Waals surface area contributed by atoms with E-state index >= 15 is 0 Å². The highest BCUT2D eigenvalue weighted by Crippen LogP contribution is 2.34. The lowest BCUT2D eigenvalue weighted by Gasteiger charge is -2.03. The van der Waals surface area contributed by atoms with Crippen LogP contribution in [0.1, 0.15) is 16.8 Å². The van der Waals surface area contributed by atoms with Crippen molar-refractivity contribution in [3.05, 3.63) is 40.3 Å². The summed E-state index contributed by atoms with van der Waals surface area (Å²) >= 11 is 5.87. The van der Waals surface area contributed by atoms with Gasteiger partial charge in [0.2, 0.25) is 0 Å². The number of alkyl halides is 3. The second kappa shape index (κ2) is 4.28. The Hall–Kier alpha value is -1.56. The molecule has 0 N–H and O–H groups in total. The third-order valence-corrected chi connectivity index (χ3v) is 2.88. The van der Waals surface area contributed by atoms with Crippen LogP contribution in [0.15, 0.2) is 18.3 Å². The van der Waals surface area contributed by atoms with Gasteiger partial charge in [0, 0.05) is 11.8 Å². The van der Waals surface area contributed by atoms with E-state index in [1.165, 1.54) is 13.1 Å². The van der Waals surface area contributed by atoms with Crippen molar-refractivity contribution in [2.24, 2.45) is 0 Å². The van der Waals surface area contributed by atoms with E-state index < -0.39 is 11.9 Å². The maximum Gasteiger partial charge on any atom is 0.435 e. The van der Waals surface area contributed by atoms with Gasteiger partial charge in [-0.3, -0.25) is 0 Å². The summed E-state index contributed by atoms with van der Waals surface area (Å²) in [5.41, 5.74) is -0.235. The van der Waals surface area contributed by atoms with Gasteiger partial charge in [0.25, 0.3) is 0 Å². The number of aryl methyl sites for hydroxylation is 1. The number of nitrogens with zero attached hydrogens (tertiary/aromatic N) is 3. The standard InChI is InChI=1S/C11H9ClF3N3/c1-6-3-4-16-8(5-6)18-10(12)7(2)9(17-18)11(13,14)15/h3-5H,1-2H3. The van der Waals surface area contributed by atoms with Crippen LogP contribution in [0.25, 0.3) is 5.82 Å². The molecule has 7 heteroatoms. The lowest BCUT2D eigenvalue weighted by atomic mass is 10.3. The van der Waals surface area contributed by atoms with Gasteiger partial charge in [0.15, 0.2) is 11.5 Å². The maximum atomic E-state index is 12.7. The zero-order valence-electron chi connectivity index (χ0n) is 9.59. The Bertz CT molecular complexity index is 590. The van der Waals surface area contributed by atoms with Crippen molar-refractivity contribution in [3.8, 4) is 5.82 Å². The molecule has 0 fully saturated rings. The molecule has 0 unspecified atom stereocenters. The largest absolute Gasteiger partial charge is 0.435 e. The molecule has 2 rings (SSSR count). The fourth-order valence-corrected chi connectivity index (χ4v) is 1.75. The molecule has 0 aliphatic heterocycles. The van der Waals surface area contributed by atoms with Crippen LogP contribution in [0, 0.1) is 13.8 Å². The van der Waals surface area contributed by atoms with Gasteiger partial charge >= 0.3 is 6.18 Å². The number of hydrogen-bond acceptors (Lipinski definition) is 2. The molecule has 0 saturated carbocycles. The molecule has 0 spiro atoms. The van der Waals surface area contributed by atoms with Crippen LogP contribution >= 0.6 is 11.6 Å². The first-order valence-corrected chi connectivity index (χ1v) is 5.44. The normalized spacial score (nSPS) is 11.9. The smallest absolute Gasteiger partial charge is 0.237 e. The molecule has 18 heavy (non-hydrogen) atoms. The summed E-state index contributed by atoms with van der Waals surface area (Å²) in [5, 5.41) is 3.41. The van der Waals surface area contributed by atoms with Crippen molar-refractivity contribution in [2.45, 2.75) is 20.0 Å². The molecule has 0 amide bonds. The van der Waals surface area contributed by atoms with Crippen LogP contribution in [0.4, 0.5) is 13.2 Å². The van der Waals surface area contributed by atoms with Gasteiger partial charge in [-0.1, -0.05) is 11.6 Å². The molecule has 0 atom stereocenters. The van der Waals surface area contributed by atoms with E-state index in [1.807, 2.05) is 0 Å². The minimum absolute atomic E-state index is 0.0829. The molecular weight excluding hydrogens is 267 g/mol.